The number of ether oxygens (including phenoxy) is 2. The van der Waals surface area contributed by atoms with Crippen molar-refractivity contribution in [2.45, 2.75) is 32.7 Å². The lowest BCUT2D eigenvalue weighted by atomic mass is 9.99. The minimum absolute atomic E-state index is 0.391. The van der Waals surface area contributed by atoms with Crippen LogP contribution < -0.4 is 14.8 Å². The second kappa shape index (κ2) is 6.10. The first kappa shape index (κ1) is 13.2. The van der Waals surface area contributed by atoms with Gasteiger partial charge in [0, 0.05) is 18.0 Å². The Morgan fingerprint density at radius 2 is 2.28 bits per heavy atom. The van der Waals surface area contributed by atoms with E-state index in [9.17, 15) is 0 Å². The van der Waals surface area contributed by atoms with Crippen molar-refractivity contribution in [1.82, 2.24) is 5.32 Å². The molecule has 2 rings (SSSR count). The maximum absolute atomic E-state index is 5.69. The first-order valence-corrected chi connectivity index (χ1v) is 6.75. The highest BCUT2D eigenvalue weighted by Gasteiger charge is 2.21. The molecule has 1 atom stereocenters. The summed E-state index contributed by atoms with van der Waals surface area (Å²) in [6, 6.07) is 6.43. The Balaban J connectivity index is 2.06. The Labute approximate surface area is 109 Å². The highest BCUT2D eigenvalue weighted by atomic mass is 16.5. The minimum atomic E-state index is 0.391. The molecule has 0 saturated heterocycles. The summed E-state index contributed by atoms with van der Waals surface area (Å²) in [6.07, 6.45) is 2.23. The van der Waals surface area contributed by atoms with Crippen LogP contribution in [0.5, 0.6) is 11.5 Å². The molecular weight excluding hydrogens is 226 g/mol. The van der Waals surface area contributed by atoms with Crippen LogP contribution >= 0.6 is 0 Å². The van der Waals surface area contributed by atoms with E-state index < -0.39 is 0 Å². The molecule has 100 valence electrons. The van der Waals surface area contributed by atoms with E-state index in [1.807, 2.05) is 12.1 Å². The van der Waals surface area contributed by atoms with E-state index in [1.165, 1.54) is 12.0 Å². The van der Waals surface area contributed by atoms with Crippen molar-refractivity contribution in [1.29, 1.82) is 0 Å². The van der Waals surface area contributed by atoms with Gasteiger partial charge in [-0.05, 0) is 37.1 Å². The summed E-state index contributed by atoms with van der Waals surface area (Å²) in [5, 5.41) is 3.62. The van der Waals surface area contributed by atoms with Crippen LogP contribution in [-0.4, -0.2) is 20.3 Å². The van der Waals surface area contributed by atoms with Gasteiger partial charge in [0.2, 0.25) is 0 Å². The van der Waals surface area contributed by atoms with Crippen LogP contribution in [-0.2, 0) is 0 Å². The quantitative estimate of drug-likeness (QED) is 0.869. The predicted molar refractivity (Wildman–Crippen MR) is 73.3 cm³/mol. The van der Waals surface area contributed by atoms with Gasteiger partial charge < -0.3 is 14.8 Å². The summed E-state index contributed by atoms with van der Waals surface area (Å²) in [7, 11) is 1.70. The normalized spacial score (nSPS) is 18.3. The highest BCUT2D eigenvalue weighted by molar-refractivity contribution is 5.43. The molecule has 18 heavy (non-hydrogen) atoms. The van der Waals surface area contributed by atoms with E-state index in [1.54, 1.807) is 7.11 Å². The van der Waals surface area contributed by atoms with Crippen LogP contribution in [0.1, 0.15) is 38.3 Å². The van der Waals surface area contributed by atoms with Crippen LogP contribution in [0.15, 0.2) is 18.2 Å². The summed E-state index contributed by atoms with van der Waals surface area (Å²) in [4.78, 5) is 0. The molecule has 0 spiro atoms. The Bertz CT molecular complexity index is 390. The van der Waals surface area contributed by atoms with Gasteiger partial charge in [-0.2, -0.15) is 0 Å². The van der Waals surface area contributed by atoms with E-state index in [0.717, 1.165) is 37.0 Å². The summed E-state index contributed by atoms with van der Waals surface area (Å²) in [5.74, 6) is 2.63. The summed E-state index contributed by atoms with van der Waals surface area (Å²) in [5.41, 5.74) is 1.23. The zero-order chi connectivity index (χ0) is 13.0. The van der Waals surface area contributed by atoms with Gasteiger partial charge in [-0.1, -0.05) is 13.8 Å². The van der Waals surface area contributed by atoms with E-state index in [0.29, 0.717) is 6.04 Å². The smallest absolute Gasteiger partial charge is 0.124 e. The van der Waals surface area contributed by atoms with Crippen LogP contribution in [0.4, 0.5) is 0 Å². The molecule has 1 heterocycles. The molecule has 1 aliphatic heterocycles. The number of methoxy groups -OCH3 is 1. The Hall–Kier alpha value is -1.22. The number of fused-ring (bicyclic) bond motifs is 1. The van der Waals surface area contributed by atoms with Gasteiger partial charge in [-0.3, -0.25) is 0 Å². The van der Waals surface area contributed by atoms with Crippen LogP contribution in [0.2, 0.25) is 0 Å². The van der Waals surface area contributed by atoms with Crippen LogP contribution in [0.3, 0.4) is 0 Å². The third-order valence-electron chi connectivity index (χ3n) is 3.37. The zero-order valence-electron chi connectivity index (χ0n) is 11.5. The van der Waals surface area contributed by atoms with E-state index in [-0.39, 0.29) is 0 Å². The van der Waals surface area contributed by atoms with Gasteiger partial charge in [-0.15, -0.1) is 0 Å². The molecule has 0 amide bonds. The first-order chi connectivity index (χ1) is 8.70. The molecule has 0 fully saturated rings. The molecule has 3 nitrogen and oxygen atoms in total. The second-order valence-electron chi connectivity index (χ2n) is 5.23. The van der Waals surface area contributed by atoms with Gasteiger partial charge in [0.05, 0.1) is 13.7 Å². The average molecular weight is 249 g/mol. The molecule has 1 N–H and O–H groups in total. The molecule has 0 bridgehead atoms. The van der Waals surface area contributed by atoms with Crippen molar-refractivity contribution in [3.63, 3.8) is 0 Å². The fraction of sp³-hybridized carbons (Fsp3) is 0.600. The summed E-state index contributed by atoms with van der Waals surface area (Å²) < 4.78 is 11.0. The molecule has 3 heteroatoms. The third-order valence-corrected chi connectivity index (χ3v) is 3.37. The monoisotopic (exact) mass is 249 g/mol. The summed E-state index contributed by atoms with van der Waals surface area (Å²) in [6.45, 7) is 6.35. The van der Waals surface area contributed by atoms with Gasteiger partial charge in [-0.25, -0.2) is 0 Å². The fourth-order valence-corrected chi connectivity index (χ4v) is 2.26. The van der Waals surface area contributed by atoms with Gasteiger partial charge in [0.1, 0.15) is 11.5 Å². The van der Waals surface area contributed by atoms with Gasteiger partial charge in [0.15, 0.2) is 0 Å². The number of rotatable bonds is 5. The maximum Gasteiger partial charge on any atom is 0.124 e. The van der Waals surface area contributed by atoms with Crippen molar-refractivity contribution < 1.29 is 9.47 Å². The Morgan fingerprint density at radius 3 is 3.00 bits per heavy atom. The molecule has 1 aromatic carbocycles. The van der Waals surface area contributed by atoms with Crippen molar-refractivity contribution >= 4 is 0 Å². The number of hydrogen-bond donors (Lipinski definition) is 1. The molecule has 1 unspecified atom stereocenters. The Morgan fingerprint density at radius 1 is 1.44 bits per heavy atom. The van der Waals surface area contributed by atoms with E-state index >= 15 is 0 Å². The molecule has 0 aliphatic carbocycles. The summed E-state index contributed by atoms with van der Waals surface area (Å²) >= 11 is 0. The van der Waals surface area contributed by atoms with Crippen molar-refractivity contribution in [2.75, 3.05) is 20.3 Å². The number of benzene rings is 1. The topological polar surface area (TPSA) is 30.5 Å². The van der Waals surface area contributed by atoms with Crippen molar-refractivity contribution in [2.24, 2.45) is 5.92 Å². The zero-order valence-corrected chi connectivity index (χ0v) is 11.5. The third kappa shape index (κ3) is 3.16. The molecule has 0 aromatic heterocycles. The molecule has 0 radical (unpaired) electrons. The van der Waals surface area contributed by atoms with Crippen molar-refractivity contribution in [3.05, 3.63) is 23.8 Å². The highest BCUT2D eigenvalue weighted by Crippen LogP contribution is 2.34. The van der Waals surface area contributed by atoms with Gasteiger partial charge >= 0.3 is 0 Å². The predicted octanol–water partition coefficient (Wildman–Crippen LogP) is 3.15. The van der Waals surface area contributed by atoms with Gasteiger partial charge in [0.25, 0.3) is 0 Å². The minimum Gasteiger partial charge on any atom is -0.497 e. The Kier molecular flexibility index (Phi) is 4.48. The number of nitrogens with one attached hydrogen (secondary N) is 1. The van der Waals surface area contributed by atoms with Crippen LogP contribution in [0.25, 0.3) is 0 Å². The van der Waals surface area contributed by atoms with E-state index in [4.69, 9.17) is 9.47 Å². The molecule has 1 aromatic rings. The lowest BCUT2D eigenvalue weighted by molar-refractivity contribution is 0.250. The largest absolute Gasteiger partial charge is 0.497 e. The lowest BCUT2D eigenvalue weighted by Gasteiger charge is -2.27. The number of hydrogen-bond acceptors (Lipinski definition) is 3. The molecule has 1 aliphatic rings. The second-order valence-corrected chi connectivity index (χ2v) is 5.23. The van der Waals surface area contributed by atoms with E-state index in [2.05, 4.69) is 25.2 Å². The average Bonchev–Trinajstić information content (AvgIpc) is 2.38. The first-order valence-electron chi connectivity index (χ1n) is 6.75. The maximum atomic E-state index is 5.69. The molecule has 0 saturated carbocycles. The fourth-order valence-electron chi connectivity index (χ4n) is 2.26. The van der Waals surface area contributed by atoms with Crippen molar-refractivity contribution in [3.8, 4) is 11.5 Å². The SMILES string of the molecule is COc1ccc2c(c1)C(NCCC(C)C)CCO2. The lowest BCUT2D eigenvalue weighted by Crippen LogP contribution is -2.28. The molecular formula is C15H23NO2. The van der Waals surface area contributed by atoms with Crippen LogP contribution in [0, 0.1) is 5.92 Å². The standard InChI is InChI=1S/C15H23NO2/c1-11(2)6-8-16-14-7-9-18-15-5-4-12(17-3)10-13(14)15/h4-5,10-11,14,16H,6-9H2,1-3H3.